The molecule has 6 heteroatoms. The summed E-state index contributed by atoms with van der Waals surface area (Å²) in [4.78, 5) is 15.9. The molecule has 2 aromatic heterocycles. The van der Waals surface area contributed by atoms with Crippen LogP contribution in [0.2, 0.25) is 5.02 Å². The number of pyridine rings is 1. The van der Waals surface area contributed by atoms with Crippen molar-refractivity contribution in [2.75, 3.05) is 5.32 Å². The number of amides is 1. The normalized spacial score (nSPS) is 10.3. The van der Waals surface area contributed by atoms with Gasteiger partial charge in [0.1, 0.15) is 0 Å². The summed E-state index contributed by atoms with van der Waals surface area (Å²) in [6.45, 7) is 3.56. The molecule has 2 heterocycles. The summed E-state index contributed by atoms with van der Waals surface area (Å²) < 4.78 is 0. The molecule has 2 aromatic rings. The predicted molar refractivity (Wildman–Crippen MR) is 65.3 cm³/mol. The molecule has 0 aromatic carbocycles. The maximum atomic E-state index is 12.0. The van der Waals surface area contributed by atoms with Gasteiger partial charge in [-0.1, -0.05) is 11.6 Å². The van der Waals surface area contributed by atoms with Crippen LogP contribution in [0.15, 0.2) is 18.5 Å². The lowest BCUT2D eigenvalue weighted by atomic mass is 10.2. The number of carbonyl (C=O) groups excluding carboxylic acids is 1. The Labute approximate surface area is 103 Å². The lowest BCUT2D eigenvalue weighted by Crippen LogP contribution is -2.14. The minimum Gasteiger partial charge on any atom is -0.319 e. The molecule has 5 nitrogen and oxygen atoms in total. The number of anilines is 1. The highest BCUT2D eigenvalue weighted by Crippen LogP contribution is 2.20. The number of hydrogen-bond acceptors (Lipinski definition) is 3. The van der Waals surface area contributed by atoms with Crippen molar-refractivity contribution in [2.45, 2.75) is 13.8 Å². The second-order valence-electron chi connectivity index (χ2n) is 3.62. The quantitative estimate of drug-likeness (QED) is 0.859. The van der Waals surface area contributed by atoms with E-state index in [2.05, 4.69) is 20.5 Å². The van der Waals surface area contributed by atoms with Gasteiger partial charge in [0, 0.05) is 11.9 Å². The number of aryl methyl sites for hydroxylation is 2. The number of aromatic nitrogens is 3. The van der Waals surface area contributed by atoms with Gasteiger partial charge < -0.3 is 5.32 Å². The van der Waals surface area contributed by atoms with Crippen molar-refractivity contribution in [1.29, 1.82) is 0 Å². The van der Waals surface area contributed by atoms with Crippen LogP contribution in [0.5, 0.6) is 0 Å². The fraction of sp³-hybridized carbons (Fsp3) is 0.182. The van der Waals surface area contributed by atoms with Crippen LogP contribution in [0, 0.1) is 13.8 Å². The molecule has 0 atom stereocenters. The summed E-state index contributed by atoms with van der Waals surface area (Å²) >= 11 is 5.93. The van der Waals surface area contributed by atoms with Gasteiger partial charge in [0.15, 0.2) is 0 Å². The Bertz CT molecular complexity index is 545. The molecule has 0 fully saturated rings. The number of nitrogens with one attached hydrogen (secondary N) is 2. The number of hydrogen-bond donors (Lipinski definition) is 2. The SMILES string of the molecule is Cc1n[nH]c(C)c1C(=O)Nc1cnccc1Cl. The molecule has 2 N–H and O–H groups in total. The van der Waals surface area contributed by atoms with Crippen LogP contribution in [0.25, 0.3) is 0 Å². The van der Waals surface area contributed by atoms with Gasteiger partial charge in [-0.15, -0.1) is 0 Å². The number of halogens is 1. The maximum Gasteiger partial charge on any atom is 0.259 e. The molecular formula is C11H11ClN4O. The first-order valence-electron chi connectivity index (χ1n) is 5.02. The molecule has 88 valence electrons. The zero-order chi connectivity index (χ0) is 12.4. The van der Waals surface area contributed by atoms with Crippen molar-refractivity contribution in [2.24, 2.45) is 0 Å². The smallest absolute Gasteiger partial charge is 0.259 e. The van der Waals surface area contributed by atoms with E-state index < -0.39 is 0 Å². The van der Waals surface area contributed by atoms with Gasteiger partial charge in [0.2, 0.25) is 0 Å². The molecular weight excluding hydrogens is 240 g/mol. The molecule has 0 aliphatic rings. The third-order valence-electron chi connectivity index (χ3n) is 2.37. The number of nitrogens with zero attached hydrogens (tertiary/aromatic N) is 2. The molecule has 1 amide bonds. The number of aromatic amines is 1. The molecule has 0 aliphatic carbocycles. The van der Waals surface area contributed by atoms with Crippen LogP contribution >= 0.6 is 11.6 Å². The molecule has 2 rings (SSSR count). The highest BCUT2D eigenvalue weighted by molar-refractivity contribution is 6.33. The Morgan fingerprint density at radius 2 is 2.24 bits per heavy atom. The highest BCUT2D eigenvalue weighted by Gasteiger charge is 2.16. The molecule has 17 heavy (non-hydrogen) atoms. The fourth-order valence-corrected chi connectivity index (χ4v) is 1.69. The van der Waals surface area contributed by atoms with Crippen molar-refractivity contribution >= 4 is 23.2 Å². The number of rotatable bonds is 2. The maximum absolute atomic E-state index is 12.0. The summed E-state index contributed by atoms with van der Waals surface area (Å²) in [5.74, 6) is -0.247. The van der Waals surface area contributed by atoms with E-state index in [-0.39, 0.29) is 5.91 Å². The van der Waals surface area contributed by atoms with Crippen LogP contribution in [0.3, 0.4) is 0 Å². The summed E-state index contributed by atoms with van der Waals surface area (Å²) in [6.07, 6.45) is 3.07. The Morgan fingerprint density at radius 3 is 2.82 bits per heavy atom. The summed E-state index contributed by atoms with van der Waals surface area (Å²) in [7, 11) is 0. The molecule has 0 spiro atoms. The number of H-pyrrole nitrogens is 1. The first-order valence-corrected chi connectivity index (χ1v) is 5.40. The van der Waals surface area contributed by atoms with Crippen LogP contribution in [-0.2, 0) is 0 Å². The predicted octanol–water partition coefficient (Wildman–Crippen LogP) is 2.33. The van der Waals surface area contributed by atoms with Gasteiger partial charge in [0.05, 0.1) is 28.2 Å². The molecule has 0 saturated carbocycles. The lowest BCUT2D eigenvalue weighted by Gasteiger charge is -2.06. The molecule has 0 radical (unpaired) electrons. The lowest BCUT2D eigenvalue weighted by molar-refractivity contribution is 0.102. The van der Waals surface area contributed by atoms with Gasteiger partial charge in [-0.25, -0.2) is 0 Å². The van der Waals surface area contributed by atoms with Gasteiger partial charge in [-0.2, -0.15) is 5.10 Å². The average Bonchev–Trinajstić information content (AvgIpc) is 2.62. The van der Waals surface area contributed by atoms with Gasteiger partial charge >= 0.3 is 0 Å². The summed E-state index contributed by atoms with van der Waals surface area (Å²) in [5.41, 5.74) is 2.39. The topological polar surface area (TPSA) is 70.7 Å². The van der Waals surface area contributed by atoms with Crippen molar-refractivity contribution in [1.82, 2.24) is 15.2 Å². The third kappa shape index (κ3) is 2.29. The molecule has 0 bridgehead atoms. The second-order valence-corrected chi connectivity index (χ2v) is 4.03. The van der Waals surface area contributed by atoms with E-state index >= 15 is 0 Å². The summed E-state index contributed by atoms with van der Waals surface area (Å²) in [6, 6.07) is 1.62. The monoisotopic (exact) mass is 250 g/mol. The standard InChI is InChI=1S/C11H11ClN4O/c1-6-10(7(2)16-15-6)11(17)14-9-5-13-4-3-8(9)12/h3-5H,1-2H3,(H,14,17)(H,15,16). The fourth-order valence-electron chi connectivity index (χ4n) is 1.54. The van der Waals surface area contributed by atoms with E-state index in [1.807, 2.05) is 0 Å². The minimum atomic E-state index is -0.247. The zero-order valence-electron chi connectivity index (χ0n) is 9.41. The Kier molecular flexibility index (Phi) is 3.10. The molecule has 0 aliphatic heterocycles. The van der Waals surface area contributed by atoms with Gasteiger partial charge in [0.25, 0.3) is 5.91 Å². The molecule has 0 saturated heterocycles. The van der Waals surface area contributed by atoms with Crippen molar-refractivity contribution < 1.29 is 4.79 Å². The van der Waals surface area contributed by atoms with E-state index in [0.29, 0.717) is 22.0 Å². The van der Waals surface area contributed by atoms with Crippen molar-refractivity contribution in [3.63, 3.8) is 0 Å². The van der Waals surface area contributed by atoms with E-state index in [0.717, 1.165) is 5.69 Å². The van der Waals surface area contributed by atoms with E-state index in [1.165, 1.54) is 6.20 Å². The van der Waals surface area contributed by atoms with E-state index in [1.54, 1.807) is 26.1 Å². The van der Waals surface area contributed by atoms with Crippen molar-refractivity contribution in [3.8, 4) is 0 Å². The molecule has 0 unspecified atom stereocenters. The Hall–Kier alpha value is -1.88. The number of carbonyl (C=O) groups is 1. The van der Waals surface area contributed by atoms with Crippen LogP contribution in [0.1, 0.15) is 21.7 Å². The van der Waals surface area contributed by atoms with Crippen LogP contribution in [-0.4, -0.2) is 21.1 Å². The van der Waals surface area contributed by atoms with Gasteiger partial charge in [-0.05, 0) is 19.9 Å². The third-order valence-corrected chi connectivity index (χ3v) is 2.70. The largest absolute Gasteiger partial charge is 0.319 e. The van der Waals surface area contributed by atoms with Gasteiger partial charge in [-0.3, -0.25) is 14.9 Å². The summed E-state index contributed by atoms with van der Waals surface area (Å²) in [5, 5.41) is 9.88. The van der Waals surface area contributed by atoms with Crippen molar-refractivity contribution in [3.05, 3.63) is 40.4 Å². The average molecular weight is 251 g/mol. The Morgan fingerprint density at radius 1 is 1.47 bits per heavy atom. The zero-order valence-corrected chi connectivity index (χ0v) is 10.2. The minimum absolute atomic E-state index is 0.247. The Balaban J connectivity index is 2.27. The van der Waals surface area contributed by atoms with Crippen LogP contribution in [0.4, 0.5) is 5.69 Å². The second kappa shape index (κ2) is 4.55. The van der Waals surface area contributed by atoms with Crippen LogP contribution < -0.4 is 5.32 Å². The first kappa shape index (κ1) is 11.6. The van der Waals surface area contributed by atoms with E-state index in [9.17, 15) is 4.79 Å². The first-order chi connectivity index (χ1) is 8.09. The highest BCUT2D eigenvalue weighted by atomic mass is 35.5. The van der Waals surface area contributed by atoms with E-state index in [4.69, 9.17) is 11.6 Å².